The second-order valence-corrected chi connectivity index (χ2v) is 5.47. The third-order valence-corrected chi connectivity index (χ3v) is 3.91. The molecule has 0 fully saturated rings. The second-order valence-electron chi connectivity index (χ2n) is 4.20. The van der Waals surface area contributed by atoms with Gasteiger partial charge in [-0.2, -0.15) is 5.26 Å². The van der Waals surface area contributed by atoms with Crippen molar-refractivity contribution >= 4 is 27.5 Å². The zero-order chi connectivity index (χ0) is 15.4. The van der Waals surface area contributed by atoms with Crippen molar-refractivity contribution in [2.45, 2.75) is 13.5 Å². The number of rotatable bonds is 4. The Morgan fingerprint density at radius 2 is 2.14 bits per heavy atom. The number of hydrogen-bond acceptors (Lipinski definition) is 3. The predicted molar refractivity (Wildman–Crippen MR) is 85.6 cm³/mol. The number of benzene rings is 1. The molecule has 21 heavy (non-hydrogen) atoms. The zero-order valence-electron chi connectivity index (χ0n) is 11.3. The topological polar surface area (TPSA) is 55.0 Å². The average molecular weight is 368 g/mol. The lowest BCUT2D eigenvalue weighted by Crippen LogP contribution is -2.21. The van der Waals surface area contributed by atoms with Gasteiger partial charge in [-0.3, -0.25) is 4.79 Å². The molecule has 1 aromatic heterocycles. The van der Waals surface area contributed by atoms with E-state index in [1.54, 1.807) is 22.8 Å². The van der Waals surface area contributed by atoms with E-state index in [0.29, 0.717) is 12.3 Å². The van der Waals surface area contributed by atoms with E-state index < -0.39 is 0 Å². The van der Waals surface area contributed by atoms with Gasteiger partial charge < -0.3 is 9.30 Å². The highest BCUT2D eigenvalue weighted by Gasteiger charge is 2.11. The Bertz CT molecular complexity index is 765. The lowest BCUT2D eigenvalue weighted by atomic mass is 10.1. The van der Waals surface area contributed by atoms with E-state index in [4.69, 9.17) is 21.6 Å². The summed E-state index contributed by atoms with van der Waals surface area (Å²) in [6, 6.07) is 10.7. The molecule has 0 amide bonds. The van der Waals surface area contributed by atoms with Crippen LogP contribution in [0.25, 0.3) is 11.3 Å². The number of aromatic nitrogens is 1. The molecule has 0 radical (unpaired) electrons. The van der Waals surface area contributed by atoms with Gasteiger partial charge in [-0.15, -0.1) is 0 Å². The smallest absolute Gasteiger partial charge is 0.269 e. The van der Waals surface area contributed by atoms with Crippen LogP contribution in [0.3, 0.4) is 0 Å². The summed E-state index contributed by atoms with van der Waals surface area (Å²) in [6.45, 7) is 2.40. The molecule has 0 saturated heterocycles. The van der Waals surface area contributed by atoms with Gasteiger partial charge in [0.25, 0.3) is 5.56 Å². The van der Waals surface area contributed by atoms with Gasteiger partial charge >= 0.3 is 0 Å². The predicted octanol–water partition coefficient (Wildman–Crippen LogP) is 3.85. The van der Waals surface area contributed by atoms with Crippen molar-refractivity contribution in [2.75, 3.05) is 6.61 Å². The van der Waals surface area contributed by atoms with Crippen LogP contribution in [0.1, 0.15) is 6.92 Å². The minimum absolute atomic E-state index is 0.00754. The molecule has 2 aromatic rings. The molecular formula is C15H12BrClN2O2. The SMILES string of the molecule is CCn1c(-c2ccc(OCC#N)cc2Br)ccc(Cl)c1=O. The number of nitriles is 1. The largest absolute Gasteiger partial charge is 0.479 e. The molecule has 0 atom stereocenters. The van der Waals surface area contributed by atoms with Crippen molar-refractivity contribution in [3.63, 3.8) is 0 Å². The Kier molecular flexibility index (Phi) is 5.05. The average Bonchev–Trinajstić information content (AvgIpc) is 2.48. The first kappa shape index (κ1) is 15.6. The van der Waals surface area contributed by atoms with Crippen LogP contribution in [0.15, 0.2) is 39.6 Å². The van der Waals surface area contributed by atoms with Crippen molar-refractivity contribution in [2.24, 2.45) is 0 Å². The third-order valence-electron chi connectivity index (χ3n) is 2.96. The summed E-state index contributed by atoms with van der Waals surface area (Å²) in [6.07, 6.45) is 0. The number of nitrogens with zero attached hydrogens (tertiary/aromatic N) is 2. The molecule has 0 spiro atoms. The van der Waals surface area contributed by atoms with Crippen LogP contribution in [0, 0.1) is 11.3 Å². The van der Waals surface area contributed by atoms with E-state index in [2.05, 4.69) is 15.9 Å². The first-order valence-electron chi connectivity index (χ1n) is 6.27. The summed E-state index contributed by atoms with van der Waals surface area (Å²) in [5.41, 5.74) is 1.41. The lowest BCUT2D eigenvalue weighted by Gasteiger charge is -2.13. The molecule has 0 unspecified atom stereocenters. The summed E-state index contributed by atoms with van der Waals surface area (Å²) < 4.78 is 7.63. The Morgan fingerprint density at radius 3 is 2.76 bits per heavy atom. The Hall–Kier alpha value is -1.77. The molecule has 2 rings (SSSR count). The second kappa shape index (κ2) is 6.79. The molecule has 4 nitrogen and oxygen atoms in total. The van der Waals surface area contributed by atoms with Crippen molar-refractivity contribution < 1.29 is 4.74 Å². The maximum atomic E-state index is 12.1. The molecule has 0 aliphatic carbocycles. The fraction of sp³-hybridized carbons (Fsp3) is 0.200. The van der Waals surface area contributed by atoms with E-state index in [1.165, 1.54) is 0 Å². The fourth-order valence-corrected chi connectivity index (χ4v) is 2.74. The molecule has 0 aliphatic heterocycles. The van der Waals surface area contributed by atoms with Crippen LogP contribution in [0.4, 0.5) is 0 Å². The molecule has 6 heteroatoms. The normalized spacial score (nSPS) is 10.2. The van der Waals surface area contributed by atoms with Crippen LogP contribution >= 0.6 is 27.5 Å². The molecule has 108 valence electrons. The molecule has 1 aromatic carbocycles. The van der Waals surface area contributed by atoms with E-state index in [9.17, 15) is 4.79 Å². The van der Waals surface area contributed by atoms with Crippen LogP contribution in [0.2, 0.25) is 5.02 Å². The standard InChI is InChI=1S/C15H12BrClN2O2/c1-2-19-14(6-5-13(17)15(19)20)11-4-3-10(9-12(11)16)21-8-7-18/h3-6,9H,2,8H2,1H3. The maximum absolute atomic E-state index is 12.1. The Labute approximate surface area is 135 Å². The molecular weight excluding hydrogens is 356 g/mol. The first-order valence-corrected chi connectivity index (χ1v) is 7.44. The summed E-state index contributed by atoms with van der Waals surface area (Å²) >= 11 is 9.35. The van der Waals surface area contributed by atoms with E-state index in [0.717, 1.165) is 15.7 Å². The van der Waals surface area contributed by atoms with Gasteiger partial charge in [-0.25, -0.2) is 0 Å². The summed E-state index contributed by atoms with van der Waals surface area (Å²) in [4.78, 5) is 12.1. The summed E-state index contributed by atoms with van der Waals surface area (Å²) in [5.74, 6) is 0.589. The highest BCUT2D eigenvalue weighted by atomic mass is 79.9. The minimum Gasteiger partial charge on any atom is -0.479 e. The van der Waals surface area contributed by atoms with Crippen LogP contribution in [-0.4, -0.2) is 11.2 Å². The Morgan fingerprint density at radius 1 is 1.38 bits per heavy atom. The van der Waals surface area contributed by atoms with Gasteiger partial charge in [-0.1, -0.05) is 11.6 Å². The van der Waals surface area contributed by atoms with Gasteiger partial charge in [0.15, 0.2) is 6.61 Å². The summed E-state index contributed by atoms with van der Waals surface area (Å²) in [7, 11) is 0. The number of ether oxygens (including phenoxy) is 1. The fourth-order valence-electron chi connectivity index (χ4n) is 2.01. The van der Waals surface area contributed by atoms with E-state index in [-0.39, 0.29) is 17.2 Å². The third kappa shape index (κ3) is 3.29. The highest BCUT2D eigenvalue weighted by molar-refractivity contribution is 9.10. The summed E-state index contributed by atoms with van der Waals surface area (Å²) in [5, 5.41) is 8.72. The van der Waals surface area contributed by atoms with Crippen LogP contribution < -0.4 is 10.3 Å². The van der Waals surface area contributed by atoms with Gasteiger partial charge in [0.1, 0.15) is 16.8 Å². The highest BCUT2D eigenvalue weighted by Crippen LogP contribution is 2.31. The van der Waals surface area contributed by atoms with E-state index in [1.807, 2.05) is 25.1 Å². The number of hydrogen-bond donors (Lipinski definition) is 0. The maximum Gasteiger partial charge on any atom is 0.269 e. The monoisotopic (exact) mass is 366 g/mol. The van der Waals surface area contributed by atoms with Crippen LogP contribution in [0.5, 0.6) is 5.75 Å². The molecule has 0 bridgehead atoms. The first-order chi connectivity index (χ1) is 10.1. The van der Waals surface area contributed by atoms with Gasteiger partial charge in [0.2, 0.25) is 0 Å². The van der Waals surface area contributed by atoms with Gasteiger partial charge in [-0.05, 0) is 53.2 Å². The van der Waals surface area contributed by atoms with E-state index >= 15 is 0 Å². The van der Waals surface area contributed by atoms with Crippen LogP contribution in [-0.2, 0) is 6.54 Å². The van der Waals surface area contributed by atoms with Crippen molar-refractivity contribution in [1.29, 1.82) is 5.26 Å². The molecule has 0 N–H and O–H groups in total. The molecule has 0 aliphatic rings. The molecule has 1 heterocycles. The lowest BCUT2D eigenvalue weighted by molar-refractivity contribution is 0.368. The minimum atomic E-state index is -0.214. The number of halogens is 2. The number of pyridine rings is 1. The van der Waals surface area contributed by atoms with Crippen molar-refractivity contribution in [1.82, 2.24) is 4.57 Å². The zero-order valence-corrected chi connectivity index (χ0v) is 13.6. The van der Waals surface area contributed by atoms with Crippen molar-refractivity contribution in [3.8, 4) is 23.1 Å². The quantitative estimate of drug-likeness (QED) is 0.824. The van der Waals surface area contributed by atoms with Gasteiger partial charge in [0.05, 0.1) is 5.69 Å². The van der Waals surface area contributed by atoms with Gasteiger partial charge in [0, 0.05) is 16.6 Å². The molecule has 0 saturated carbocycles. The van der Waals surface area contributed by atoms with Crippen molar-refractivity contribution in [3.05, 3.63) is 50.2 Å². The Balaban J connectivity index is 2.51.